The molecule has 0 radical (unpaired) electrons. The van der Waals surface area contributed by atoms with E-state index in [-0.39, 0.29) is 29.6 Å². The van der Waals surface area contributed by atoms with Crippen LogP contribution < -0.4 is 0 Å². The highest BCUT2D eigenvalue weighted by atomic mass is 32.2. The molecular weight excluding hydrogens is 412 g/mol. The molecule has 0 atom stereocenters. The van der Waals surface area contributed by atoms with E-state index in [9.17, 15) is 27.4 Å². The van der Waals surface area contributed by atoms with Crippen molar-refractivity contribution < 1.29 is 36.8 Å². The predicted molar refractivity (Wildman–Crippen MR) is 106 cm³/mol. The molecule has 1 fully saturated rings. The number of rotatable bonds is 8. The summed E-state index contributed by atoms with van der Waals surface area (Å²) in [5.41, 5.74) is 1.33. The number of carbonyl (C=O) groups excluding carboxylic acids is 3. The van der Waals surface area contributed by atoms with Crippen molar-refractivity contribution in [3.8, 4) is 0 Å². The summed E-state index contributed by atoms with van der Waals surface area (Å²) >= 11 is 0. The molecule has 162 valence electrons. The molecule has 2 heterocycles. The largest absolute Gasteiger partial charge is 0.333 e. The molecule has 10 heteroatoms. The van der Waals surface area contributed by atoms with E-state index in [1.807, 2.05) is 24.6 Å². The number of amides is 2. The summed E-state index contributed by atoms with van der Waals surface area (Å²) in [6.07, 6.45) is 4.34. The van der Waals surface area contributed by atoms with Gasteiger partial charge in [-0.15, -0.1) is 5.06 Å². The molecule has 0 saturated carbocycles. The fraction of sp³-hybridized carbons (Fsp3) is 0.500. The maximum atomic E-state index is 11.8. The first-order chi connectivity index (χ1) is 14.0. The highest BCUT2D eigenvalue weighted by Crippen LogP contribution is 2.37. The minimum atomic E-state index is -4.26. The Kier molecular flexibility index (Phi) is 6.09. The van der Waals surface area contributed by atoms with Crippen molar-refractivity contribution in [2.45, 2.75) is 62.7 Å². The monoisotopic (exact) mass is 437 g/mol. The Labute approximate surface area is 175 Å². The molecule has 30 heavy (non-hydrogen) atoms. The summed E-state index contributed by atoms with van der Waals surface area (Å²) in [6, 6.07) is 4.57. The molecule has 0 aliphatic carbocycles. The zero-order valence-corrected chi connectivity index (χ0v) is 17.8. The lowest BCUT2D eigenvalue weighted by molar-refractivity contribution is -0.434. The van der Waals surface area contributed by atoms with Crippen LogP contribution in [0.2, 0.25) is 0 Å². The summed E-state index contributed by atoms with van der Waals surface area (Å²) in [4.78, 5) is 39.4. The summed E-state index contributed by atoms with van der Waals surface area (Å²) in [5, 5.41) is 0.557. The Morgan fingerprint density at radius 1 is 1.17 bits per heavy atom. The number of nitrogens with zero attached hydrogens (tertiary/aromatic N) is 2. The Morgan fingerprint density at radius 3 is 2.47 bits per heavy atom. The lowest BCUT2D eigenvalue weighted by Gasteiger charge is -2.12. The Bertz CT molecular complexity index is 1010. The quantitative estimate of drug-likeness (QED) is 0.286. The Balaban J connectivity index is 1.50. The van der Waals surface area contributed by atoms with Gasteiger partial charge in [0.2, 0.25) is 5.69 Å². The molecule has 0 unspecified atom stereocenters. The predicted octanol–water partition coefficient (Wildman–Crippen LogP) is 2.11. The summed E-state index contributed by atoms with van der Waals surface area (Å²) in [6.45, 7) is 4.62. The molecule has 2 aliphatic rings. The van der Waals surface area contributed by atoms with Gasteiger partial charge in [0.25, 0.3) is 21.9 Å². The van der Waals surface area contributed by atoms with E-state index in [0.717, 1.165) is 24.1 Å². The summed E-state index contributed by atoms with van der Waals surface area (Å²) in [5.74, 6) is -1.58. The first-order valence-corrected chi connectivity index (χ1v) is 11.2. The van der Waals surface area contributed by atoms with Crippen LogP contribution in [0, 0.1) is 0 Å². The van der Waals surface area contributed by atoms with Gasteiger partial charge < -0.3 is 4.84 Å². The van der Waals surface area contributed by atoms with Crippen LogP contribution in [0.3, 0.4) is 0 Å². The number of hydroxylamine groups is 2. The van der Waals surface area contributed by atoms with Crippen LogP contribution >= 0.6 is 0 Å². The topological polar surface area (TPSA) is 121 Å². The van der Waals surface area contributed by atoms with Gasteiger partial charge in [-0.2, -0.15) is 8.42 Å². The maximum absolute atomic E-state index is 11.8. The molecule has 1 saturated heterocycles. The van der Waals surface area contributed by atoms with Gasteiger partial charge >= 0.3 is 5.97 Å². The number of carbonyl (C=O) groups is 3. The number of fused-ring (bicyclic) bond motifs is 1. The number of hydrogen-bond acceptors (Lipinski definition) is 6. The van der Waals surface area contributed by atoms with Gasteiger partial charge in [0.1, 0.15) is 6.54 Å². The van der Waals surface area contributed by atoms with E-state index in [4.69, 9.17) is 4.84 Å². The standard InChI is InChI=1S/C20H24N2O7S/c1-20(2)13-21(16-8-7-14(12-15(16)20)30(26,27)28)11-5-3-4-6-19(25)29-22-17(23)9-10-18(22)24/h7-8,12-13H,3-6,9-11H2,1-2H3/p+1. The highest BCUT2D eigenvalue weighted by molar-refractivity contribution is 7.85. The first-order valence-electron chi connectivity index (χ1n) is 9.80. The third kappa shape index (κ3) is 4.76. The lowest BCUT2D eigenvalue weighted by atomic mass is 9.87. The zero-order valence-electron chi connectivity index (χ0n) is 17.0. The average molecular weight is 437 g/mol. The van der Waals surface area contributed by atoms with Gasteiger partial charge in [-0.05, 0) is 38.8 Å². The van der Waals surface area contributed by atoms with E-state index < -0.39 is 27.9 Å². The molecule has 1 aromatic carbocycles. The molecular formula is C20H25N2O7S+. The maximum Gasteiger partial charge on any atom is 0.333 e. The number of imide groups is 1. The summed E-state index contributed by atoms with van der Waals surface area (Å²) in [7, 11) is -4.26. The Morgan fingerprint density at radius 2 is 1.83 bits per heavy atom. The molecule has 0 spiro atoms. The third-order valence-corrected chi connectivity index (χ3v) is 6.08. The molecule has 0 aromatic heterocycles. The smallest absolute Gasteiger partial charge is 0.330 e. The van der Waals surface area contributed by atoms with E-state index in [0.29, 0.717) is 18.0 Å². The van der Waals surface area contributed by atoms with Crippen molar-refractivity contribution in [3.05, 3.63) is 23.8 Å². The van der Waals surface area contributed by atoms with Gasteiger partial charge in [-0.1, -0.05) is 0 Å². The van der Waals surface area contributed by atoms with Crippen LogP contribution in [-0.4, -0.2) is 53.2 Å². The lowest BCUT2D eigenvalue weighted by Crippen LogP contribution is -2.31. The van der Waals surface area contributed by atoms with E-state index in [1.165, 1.54) is 12.1 Å². The van der Waals surface area contributed by atoms with Crippen molar-refractivity contribution in [3.63, 3.8) is 0 Å². The first kappa shape index (κ1) is 22.1. The van der Waals surface area contributed by atoms with Crippen molar-refractivity contribution in [1.82, 2.24) is 5.06 Å². The van der Waals surface area contributed by atoms with Gasteiger partial charge in [-0.3, -0.25) is 14.1 Å². The minimum absolute atomic E-state index is 0.0714. The Hall–Kier alpha value is -2.59. The molecule has 2 aliphatic heterocycles. The van der Waals surface area contributed by atoms with Gasteiger partial charge in [-0.25, -0.2) is 9.37 Å². The van der Waals surface area contributed by atoms with Crippen molar-refractivity contribution in [1.29, 1.82) is 0 Å². The van der Waals surface area contributed by atoms with Crippen LogP contribution in [0.25, 0.3) is 0 Å². The number of benzene rings is 1. The van der Waals surface area contributed by atoms with Crippen LogP contribution in [0.15, 0.2) is 23.1 Å². The average Bonchev–Trinajstić information content (AvgIpc) is 3.11. The van der Waals surface area contributed by atoms with Crippen LogP contribution in [0.5, 0.6) is 0 Å². The minimum Gasteiger partial charge on any atom is -0.330 e. The van der Waals surface area contributed by atoms with Crippen molar-refractivity contribution in [2.24, 2.45) is 0 Å². The fourth-order valence-electron chi connectivity index (χ4n) is 3.69. The highest BCUT2D eigenvalue weighted by Gasteiger charge is 2.38. The number of unbranched alkanes of at least 4 members (excludes halogenated alkanes) is 2. The van der Waals surface area contributed by atoms with E-state index >= 15 is 0 Å². The zero-order chi connectivity index (χ0) is 22.1. The van der Waals surface area contributed by atoms with Gasteiger partial charge in [0, 0.05) is 37.3 Å². The van der Waals surface area contributed by atoms with Crippen molar-refractivity contribution >= 4 is 39.8 Å². The molecule has 9 nitrogen and oxygen atoms in total. The number of hydrogen-bond donors (Lipinski definition) is 1. The second-order valence-corrected chi connectivity index (χ2v) is 9.48. The molecule has 3 rings (SSSR count). The second-order valence-electron chi connectivity index (χ2n) is 8.05. The van der Waals surface area contributed by atoms with Crippen LogP contribution in [0.1, 0.15) is 57.9 Å². The molecule has 0 bridgehead atoms. The van der Waals surface area contributed by atoms with Crippen LogP contribution in [-0.2, 0) is 34.8 Å². The molecule has 1 aromatic rings. The van der Waals surface area contributed by atoms with E-state index in [1.54, 1.807) is 6.07 Å². The SMILES string of the molecule is CC1(C)C=[N+](CCCCCC(=O)ON2C(=O)CCC2=O)c2ccc(S(=O)(=O)O)cc21. The van der Waals surface area contributed by atoms with Gasteiger partial charge in [0.15, 0.2) is 6.21 Å². The second kappa shape index (κ2) is 8.27. The normalized spacial score (nSPS) is 17.8. The fourth-order valence-corrected chi connectivity index (χ4v) is 4.20. The van der Waals surface area contributed by atoms with E-state index in [2.05, 4.69) is 0 Å². The molecule has 2 amide bonds. The molecule has 1 N–H and O–H groups in total. The third-order valence-electron chi connectivity index (χ3n) is 5.23. The van der Waals surface area contributed by atoms with Gasteiger partial charge in [0.05, 0.1) is 10.3 Å². The van der Waals surface area contributed by atoms with Crippen LogP contribution in [0.4, 0.5) is 5.69 Å². The summed E-state index contributed by atoms with van der Waals surface area (Å²) < 4.78 is 34.2. The van der Waals surface area contributed by atoms with Crippen molar-refractivity contribution in [2.75, 3.05) is 6.54 Å².